The highest BCUT2D eigenvalue weighted by Crippen LogP contribution is 2.36. The number of carboxylic acids is 1. The lowest BCUT2D eigenvalue weighted by molar-refractivity contribution is -0.148. The Morgan fingerprint density at radius 1 is 1.00 bits per heavy atom. The van der Waals surface area contributed by atoms with Gasteiger partial charge in [-0.3, -0.25) is 0 Å². The monoisotopic (exact) mass is 330 g/mol. The van der Waals surface area contributed by atoms with Gasteiger partial charge in [0.15, 0.2) is 0 Å². The van der Waals surface area contributed by atoms with Crippen LogP contribution in [0, 0.1) is 0 Å². The summed E-state index contributed by atoms with van der Waals surface area (Å²) in [4.78, 5) is 11.4. The topological polar surface area (TPSA) is 46.5 Å². The van der Waals surface area contributed by atoms with Gasteiger partial charge in [-0.2, -0.15) is 13.2 Å². The third kappa shape index (κ3) is 3.33. The number of halogens is 4. The van der Waals surface area contributed by atoms with Crippen LogP contribution in [-0.4, -0.2) is 11.1 Å². The summed E-state index contributed by atoms with van der Waals surface area (Å²) >= 11 is 6.00. The third-order valence-electron chi connectivity index (χ3n) is 2.84. The van der Waals surface area contributed by atoms with Gasteiger partial charge in [0.1, 0.15) is 5.75 Å². The van der Waals surface area contributed by atoms with Crippen LogP contribution in [0.2, 0.25) is 0 Å². The number of carboxylic acid groups (broad SMARTS) is 1. The number of aliphatic carboxylic acids is 1. The van der Waals surface area contributed by atoms with Gasteiger partial charge in [0, 0.05) is 5.56 Å². The van der Waals surface area contributed by atoms with Crippen molar-refractivity contribution in [3.05, 3.63) is 65.7 Å². The van der Waals surface area contributed by atoms with E-state index in [9.17, 15) is 23.1 Å². The quantitative estimate of drug-likeness (QED) is 0.852. The first-order valence-electron chi connectivity index (χ1n) is 6.07. The maximum Gasteiger partial charge on any atom is 0.416 e. The molecule has 1 N–H and O–H groups in total. The van der Waals surface area contributed by atoms with Gasteiger partial charge in [-0.15, -0.1) is 0 Å². The molecule has 0 amide bonds. The van der Waals surface area contributed by atoms with Crippen LogP contribution in [0.25, 0.3) is 0 Å². The molecule has 0 radical (unpaired) electrons. The summed E-state index contributed by atoms with van der Waals surface area (Å²) in [5, 5.41) is 6.98. The lowest BCUT2D eigenvalue weighted by Crippen LogP contribution is -2.36. The lowest BCUT2D eigenvalue weighted by atomic mass is 10.1. The molecule has 1 unspecified atom stereocenters. The van der Waals surface area contributed by atoms with Crippen molar-refractivity contribution >= 4 is 17.6 Å². The molecular formula is C15H10ClF3O3. The van der Waals surface area contributed by atoms with E-state index in [-0.39, 0.29) is 11.3 Å². The van der Waals surface area contributed by atoms with Crippen LogP contribution in [0.4, 0.5) is 13.2 Å². The molecule has 0 saturated heterocycles. The molecule has 22 heavy (non-hydrogen) atoms. The summed E-state index contributed by atoms with van der Waals surface area (Å²) in [6.45, 7) is 0. The molecule has 0 aliphatic heterocycles. The number of alkyl halides is 4. The molecule has 116 valence electrons. The van der Waals surface area contributed by atoms with Gasteiger partial charge >= 0.3 is 17.2 Å². The van der Waals surface area contributed by atoms with Crippen molar-refractivity contribution in [2.75, 3.05) is 0 Å². The Labute approximate surface area is 128 Å². The van der Waals surface area contributed by atoms with Crippen molar-refractivity contribution < 1.29 is 27.8 Å². The van der Waals surface area contributed by atoms with Crippen molar-refractivity contribution in [3.8, 4) is 5.75 Å². The zero-order valence-electron chi connectivity index (χ0n) is 11.0. The molecule has 2 aromatic rings. The van der Waals surface area contributed by atoms with Crippen molar-refractivity contribution in [1.82, 2.24) is 0 Å². The first-order valence-corrected chi connectivity index (χ1v) is 6.45. The average molecular weight is 331 g/mol. The summed E-state index contributed by atoms with van der Waals surface area (Å²) in [6.07, 6.45) is -4.57. The van der Waals surface area contributed by atoms with Crippen molar-refractivity contribution in [3.63, 3.8) is 0 Å². The second kappa shape index (κ2) is 5.88. The maximum atomic E-state index is 12.7. The molecule has 0 bridgehead atoms. The van der Waals surface area contributed by atoms with Gasteiger partial charge in [-0.1, -0.05) is 48.0 Å². The van der Waals surface area contributed by atoms with Gasteiger partial charge < -0.3 is 9.84 Å². The Morgan fingerprint density at radius 3 is 2.14 bits per heavy atom. The van der Waals surface area contributed by atoms with Crippen molar-refractivity contribution in [2.45, 2.75) is 11.2 Å². The van der Waals surface area contributed by atoms with Gasteiger partial charge in [0.2, 0.25) is 0 Å². The Balaban J connectivity index is 2.40. The lowest BCUT2D eigenvalue weighted by Gasteiger charge is -2.24. The minimum Gasteiger partial charge on any atom is -0.477 e. The molecule has 0 spiro atoms. The molecule has 2 aromatic carbocycles. The minimum atomic E-state index is -4.57. The van der Waals surface area contributed by atoms with Crippen LogP contribution in [-0.2, 0) is 16.0 Å². The van der Waals surface area contributed by atoms with Crippen LogP contribution in [0.15, 0.2) is 54.6 Å². The van der Waals surface area contributed by atoms with Gasteiger partial charge in [0.25, 0.3) is 0 Å². The van der Waals surface area contributed by atoms with Gasteiger partial charge in [0.05, 0.1) is 5.56 Å². The Bertz CT molecular complexity index is 673. The fourth-order valence-electron chi connectivity index (χ4n) is 1.78. The molecule has 0 aromatic heterocycles. The van der Waals surface area contributed by atoms with E-state index < -0.39 is 22.8 Å². The van der Waals surface area contributed by atoms with Gasteiger partial charge in [-0.05, 0) is 18.2 Å². The van der Waals surface area contributed by atoms with Gasteiger partial charge in [-0.25, -0.2) is 4.79 Å². The van der Waals surface area contributed by atoms with Crippen LogP contribution < -0.4 is 4.74 Å². The largest absolute Gasteiger partial charge is 0.477 e. The van der Waals surface area contributed by atoms with Crippen LogP contribution >= 0.6 is 11.6 Å². The predicted octanol–water partition coefficient (Wildman–Crippen LogP) is 4.26. The zero-order chi connectivity index (χ0) is 16.4. The predicted molar refractivity (Wildman–Crippen MR) is 73.7 cm³/mol. The SMILES string of the molecule is O=C(O)C(Cl)(Oc1cccc(C(F)(F)F)c1)c1ccccc1. The van der Waals surface area contributed by atoms with E-state index in [1.807, 2.05) is 0 Å². The van der Waals surface area contributed by atoms with Crippen molar-refractivity contribution in [1.29, 1.82) is 0 Å². The van der Waals surface area contributed by atoms with E-state index in [4.69, 9.17) is 16.3 Å². The maximum absolute atomic E-state index is 12.7. The minimum absolute atomic E-state index is 0.0987. The molecule has 0 aliphatic rings. The number of benzene rings is 2. The molecule has 2 rings (SSSR count). The highest BCUT2D eigenvalue weighted by atomic mass is 35.5. The molecule has 7 heteroatoms. The standard InChI is InChI=1S/C15H10ClF3O3/c16-14(13(20)21,10-5-2-1-3-6-10)22-12-8-4-7-11(9-12)15(17,18)19/h1-9H,(H,20,21). The first-order chi connectivity index (χ1) is 10.2. The van der Waals surface area contributed by atoms with Crippen molar-refractivity contribution in [2.24, 2.45) is 0 Å². The highest BCUT2D eigenvalue weighted by Gasteiger charge is 2.41. The average Bonchev–Trinajstić information content (AvgIpc) is 2.47. The van der Waals surface area contributed by atoms with Crippen LogP contribution in [0.3, 0.4) is 0 Å². The summed E-state index contributed by atoms with van der Waals surface area (Å²) in [5.74, 6) is -1.83. The summed E-state index contributed by atoms with van der Waals surface area (Å²) < 4.78 is 43.2. The molecule has 0 aliphatic carbocycles. The Morgan fingerprint density at radius 2 is 1.59 bits per heavy atom. The van der Waals surface area contributed by atoms with E-state index in [1.54, 1.807) is 18.2 Å². The number of rotatable bonds is 4. The molecule has 3 nitrogen and oxygen atoms in total. The van der Waals surface area contributed by atoms with E-state index in [0.29, 0.717) is 6.07 Å². The fourth-order valence-corrected chi connectivity index (χ4v) is 1.99. The number of hydrogen-bond donors (Lipinski definition) is 1. The highest BCUT2D eigenvalue weighted by molar-refractivity contribution is 6.32. The van der Waals surface area contributed by atoms with Crippen LogP contribution in [0.1, 0.15) is 11.1 Å². The van der Waals surface area contributed by atoms with E-state index in [1.165, 1.54) is 18.2 Å². The Hall–Kier alpha value is -2.21. The molecule has 0 saturated carbocycles. The van der Waals surface area contributed by atoms with E-state index in [2.05, 4.69) is 0 Å². The molecular weight excluding hydrogens is 321 g/mol. The zero-order valence-corrected chi connectivity index (χ0v) is 11.7. The normalized spacial score (nSPS) is 14.2. The summed E-state index contributed by atoms with van der Waals surface area (Å²) in [7, 11) is 0. The molecule has 0 fully saturated rings. The summed E-state index contributed by atoms with van der Waals surface area (Å²) in [5.41, 5.74) is -0.857. The first kappa shape index (κ1) is 16.2. The van der Waals surface area contributed by atoms with E-state index in [0.717, 1.165) is 12.1 Å². The second-order valence-electron chi connectivity index (χ2n) is 4.39. The molecule has 1 atom stereocenters. The third-order valence-corrected chi connectivity index (χ3v) is 3.30. The Kier molecular flexibility index (Phi) is 4.32. The van der Waals surface area contributed by atoms with E-state index >= 15 is 0 Å². The fraction of sp³-hybridized carbons (Fsp3) is 0.133. The van der Waals surface area contributed by atoms with Crippen LogP contribution in [0.5, 0.6) is 5.75 Å². The second-order valence-corrected chi connectivity index (χ2v) is 4.93. The number of ether oxygens (including phenoxy) is 1. The smallest absolute Gasteiger partial charge is 0.416 e. The molecule has 0 heterocycles. The number of carbonyl (C=O) groups is 1. The number of hydrogen-bond acceptors (Lipinski definition) is 2. The summed E-state index contributed by atoms with van der Waals surface area (Å²) in [6, 6.07) is 11.4.